The number of carbonyl (C=O) groups excluding carboxylic acids is 1. The van der Waals surface area contributed by atoms with E-state index in [4.69, 9.17) is 22.1 Å². The van der Waals surface area contributed by atoms with Crippen molar-refractivity contribution in [3.8, 4) is 0 Å². The summed E-state index contributed by atoms with van der Waals surface area (Å²) >= 11 is 6.01. The lowest BCUT2D eigenvalue weighted by molar-refractivity contribution is 0.0636. The molecule has 4 N–H and O–H groups in total. The van der Waals surface area contributed by atoms with Crippen LogP contribution in [0.2, 0.25) is 5.02 Å². The number of carbonyl (C=O) groups is 1. The molecule has 0 heterocycles. The Labute approximate surface area is 117 Å². The maximum atomic E-state index is 11.6. The first-order valence-corrected chi connectivity index (χ1v) is 6.28. The van der Waals surface area contributed by atoms with Crippen molar-refractivity contribution in [2.45, 2.75) is 32.5 Å². The molecule has 5 nitrogen and oxygen atoms in total. The van der Waals surface area contributed by atoms with E-state index in [9.17, 15) is 9.90 Å². The van der Waals surface area contributed by atoms with Crippen LogP contribution in [0.15, 0.2) is 18.2 Å². The van der Waals surface area contributed by atoms with Crippen LogP contribution in [0.4, 0.5) is 10.5 Å². The molecule has 1 atom stereocenters. The van der Waals surface area contributed by atoms with Gasteiger partial charge in [0.15, 0.2) is 0 Å². The Kier molecular flexibility index (Phi) is 5.17. The number of ether oxygens (including phenoxy) is 1. The van der Waals surface area contributed by atoms with Gasteiger partial charge in [-0.2, -0.15) is 0 Å². The summed E-state index contributed by atoms with van der Waals surface area (Å²) in [6.07, 6.45) is -1.38. The molecule has 19 heavy (non-hydrogen) atoms. The molecular weight excluding hydrogens is 268 g/mol. The van der Waals surface area contributed by atoms with E-state index in [1.54, 1.807) is 39.0 Å². The maximum Gasteiger partial charge on any atom is 0.412 e. The Morgan fingerprint density at radius 3 is 2.63 bits per heavy atom. The predicted octanol–water partition coefficient (Wildman–Crippen LogP) is 2.68. The molecule has 0 aliphatic carbocycles. The van der Waals surface area contributed by atoms with Crippen molar-refractivity contribution in [1.82, 2.24) is 0 Å². The molecular formula is C13H19ClN2O3. The number of hydrogen-bond donors (Lipinski definition) is 3. The molecule has 1 aromatic carbocycles. The van der Waals surface area contributed by atoms with Crippen LogP contribution in [0.5, 0.6) is 0 Å². The molecule has 0 bridgehead atoms. The van der Waals surface area contributed by atoms with Gasteiger partial charge in [-0.05, 0) is 32.9 Å². The zero-order valence-corrected chi connectivity index (χ0v) is 12.0. The highest BCUT2D eigenvalue weighted by atomic mass is 35.5. The van der Waals surface area contributed by atoms with E-state index in [1.807, 2.05) is 0 Å². The fourth-order valence-corrected chi connectivity index (χ4v) is 1.73. The summed E-state index contributed by atoms with van der Waals surface area (Å²) in [6.45, 7) is 5.42. The zero-order chi connectivity index (χ0) is 14.6. The monoisotopic (exact) mass is 286 g/mol. The van der Waals surface area contributed by atoms with Gasteiger partial charge in [0.2, 0.25) is 0 Å². The van der Waals surface area contributed by atoms with Crippen LogP contribution in [0.25, 0.3) is 0 Å². The zero-order valence-electron chi connectivity index (χ0n) is 11.2. The Morgan fingerprint density at radius 2 is 2.16 bits per heavy atom. The SMILES string of the molecule is CC(C)(C)OC(=O)Nc1ccc([C@H](O)CN)c(Cl)c1. The molecule has 1 rings (SSSR count). The van der Waals surface area contributed by atoms with Gasteiger partial charge in [0.1, 0.15) is 5.60 Å². The summed E-state index contributed by atoms with van der Waals surface area (Å²) in [5.41, 5.74) is 5.82. The highest BCUT2D eigenvalue weighted by molar-refractivity contribution is 6.31. The van der Waals surface area contributed by atoms with E-state index >= 15 is 0 Å². The van der Waals surface area contributed by atoms with Crippen LogP contribution in [0.1, 0.15) is 32.4 Å². The second-order valence-corrected chi connectivity index (χ2v) is 5.52. The number of benzene rings is 1. The molecule has 0 radical (unpaired) electrons. The number of nitrogens with one attached hydrogen (secondary N) is 1. The van der Waals surface area contributed by atoms with Gasteiger partial charge in [0.25, 0.3) is 0 Å². The summed E-state index contributed by atoms with van der Waals surface area (Å²) in [5, 5.41) is 12.5. The quantitative estimate of drug-likeness (QED) is 0.797. The molecule has 0 aliphatic heterocycles. The normalized spacial score (nSPS) is 12.9. The first-order chi connectivity index (χ1) is 8.73. The summed E-state index contributed by atoms with van der Waals surface area (Å²) in [5.74, 6) is 0. The summed E-state index contributed by atoms with van der Waals surface area (Å²) in [6, 6.07) is 4.79. The standard InChI is InChI=1S/C13H19ClN2O3/c1-13(2,3)19-12(18)16-8-4-5-9(10(14)6-8)11(17)7-15/h4-6,11,17H,7,15H2,1-3H3,(H,16,18)/t11-/m1/s1. The van der Waals surface area contributed by atoms with Crippen LogP contribution in [-0.2, 0) is 4.74 Å². The van der Waals surface area contributed by atoms with Gasteiger partial charge in [-0.25, -0.2) is 4.79 Å². The number of halogens is 1. The van der Waals surface area contributed by atoms with Crippen molar-refractivity contribution in [2.75, 3.05) is 11.9 Å². The average Bonchev–Trinajstić information content (AvgIpc) is 2.25. The van der Waals surface area contributed by atoms with Crippen molar-refractivity contribution in [3.05, 3.63) is 28.8 Å². The van der Waals surface area contributed by atoms with Gasteiger partial charge in [0.05, 0.1) is 6.10 Å². The number of rotatable bonds is 3. The average molecular weight is 287 g/mol. The number of hydrogen-bond acceptors (Lipinski definition) is 4. The largest absolute Gasteiger partial charge is 0.444 e. The molecule has 0 saturated heterocycles. The van der Waals surface area contributed by atoms with Gasteiger partial charge < -0.3 is 15.6 Å². The minimum absolute atomic E-state index is 0.0819. The summed E-state index contributed by atoms with van der Waals surface area (Å²) < 4.78 is 5.12. The Morgan fingerprint density at radius 1 is 1.53 bits per heavy atom. The lowest BCUT2D eigenvalue weighted by atomic mass is 10.1. The van der Waals surface area contributed by atoms with E-state index in [-0.39, 0.29) is 6.54 Å². The fraction of sp³-hybridized carbons (Fsp3) is 0.462. The molecule has 0 saturated carbocycles. The molecule has 1 amide bonds. The van der Waals surface area contributed by atoms with Crippen LogP contribution >= 0.6 is 11.6 Å². The second kappa shape index (κ2) is 6.23. The topological polar surface area (TPSA) is 84.6 Å². The molecule has 0 spiro atoms. The van der Waals surface area contributed by atoms with Crippen molar-refractivity contribution < 1.29 is 14.6 Å². The van der Waals surface area contributed by atoms with Gasteiger partial charge in [0, 0.05) is 22.8 Å². The third kappa shape index (κ3) is 5.06. The highest BCUT2D eigenvalue weighted by Gasteiger charge is 2.17. The van der Waals surface area contributed by atoms with Crippen molar-refractivity contribution in [3.63, 3.8) is 0 Å². The predicted molar refractivity (Wildman–Crippen MR) is 75.3 cm³/mol. The third-order valence-corrected chi connectivity index (χ3v) is 2.56. The number of aliphatic hydroxyl groups excluding tert-OH is 1. The maximum absolute atomic E-state index is 11.6. The van der Waals surface area contributed by atoms with Crippen molar-refractivity contribution >= 4 is 23.4 Å². The smallest absolute Gasteiger partial charge is 0.412 e. The number of aliphatic hydroxyl groups is 1. The Hall–Kier alpha value is -1.30. The number of anilines is 1. The minimum atomic E-state index is -0.817. The van der Waals surface area contributed by atoms with Gasteiger partial charge in [-0.1, -0.05) is 17.7 Å². The molecule has 0 aliphatic rings. The molecule has 0 aromatic heterocycles. The van der Waals surface area contributed by atoms with E-state index in [0.29, 0.717) is 16.3 Å². The van der Waals surface area contributed by atoms with Crippen molar-refractivity contribution in [2.24, 2.45) is 5.73 Å². The van der Waals surface area contributed by atoms with Gasteiger partial charge >= 0.3 is 6.09 Å². The van der Waals surface area contributed by atoms with E-state index in [2.05, 4.69) is 5.32 Å². The molecule has 1 aromatic rings. The Bertz CT molecular complexity index is 458. The first kappa shape index (κ1) is 15.8. The van der Waals surface area contributed by atoms with Gasteiger partial charge in [-0.3, -0.25) is 5.32 Å². The number of amides is 1. The molecule has 106 valence electrons. The summed E-state index contributed by atoms with van der Waals surface area (Å²) in [4.78, 5) is 11.6. The lowest BCUT2D eigenvalue weighted by Crippen LogP contribution is -2.27. The van der Waals surface area contributed by atoms with Gasteiger partial charge in [-0.15, -0.1) is 0 Å². The number of nitrogens with two attached hydrogens (primary N) is 1. The van der Waals surface area contributed by atoms with Crippen LogP contribution in [0, 0.1) is 0 Å². The van der Waals surface area contributed by atoms with Crippen LogP contribution < -0.4 is 11.1 Å². The highest BCUT2D eigenvalue weighted by Crippen LogP contribution is 2.26. The minimum Gasteiger partial charge on any atom is -0.444 e. The van der Waals surface area contributed by atoms with Crippen molar-refractivity contribution in [1.29, 1.82) is 0 Å². The lowest BCUT2D eigenvalue weighted by Gasteiger charge is -2.20. The fourth-order valence-electron chi connectivity index (χ4n) is 1.42. The van der Waals surface area contributed by atoms with E-state index in [1.165, 1.54) is 0 Å². The molecule has 0 fully saturated rings. The van der Waals surface area contributed by atoms with Crippen LogP contribution in [-0.4, -0.2) is 23.3 Å². The van der Waals surface area contributed by atoms with E-state index in [0.717, 1.165) is 0 Å². The summed E-state index contributed by atoms with van der Waals surface area (Å²) in [7, 11) is 0. The first-order valence-electron chi connectivity index (χ1n) is 5.90. The van der Waals surface area contributed by atoms with E-state index < -0.39 is 17.8 Å². The Balaban J connectivity index is 2.76. The molecule has 6 heteroatoms. The second-order valence-electron chi connectivity index (χ2n) is 5.11. The molecule has 0 unspecified atom stereocenters. The van der Waals surface area contributed by atoms with Crippen LogP contribution in [0.3, 0.4) is 0 Å². The third-order valence-electron chi connectivity index (χ3n) is 2.23.